The number of hydrogen-bond acceptors (Lipinski definition) is 2. The van der Waals surface area contributed by atoms with Crippen molar-refractivity contribution in [1.82, 2.24) is 0 Å². The Morgan fingerprint density at radius 3 is 1.62 bits per heavy atom. The minimum atomic E-state index is -0.0268. The van der Waals surface area contributed by atoms with Gasteiger partial charge in [0.2, 0.25) is 6.23 Å². The first-order valence-corrected chi connectivity index (χ1v) is 10.1. The van der Waals surface area contributed by atoms with Gasteiger partial charge in [-0.25, -0.2) is 0 Å². The van der Waals surface area contributed by atoms with E-state index in [2.05, 4.69) is 27.7 Å². The van der Waals surface area contributed by atoms with E-state index in [4.69, 9.17) is 4.74 Å². The molecule has 0 aliphatic rings. The van der Waals surface area contributed by atoms with Crippen molar-refractivity contribution in [2.75, 3.05) is 19.6 Å². The number of unbranched alkanes of at least 4 members (excludes halogenated alkanes) is 8. The van der Waals surface area contributed by atoms with Gasteiger partial charge >= 0.3 is 5.97 Å². The average Bonchev–Trinajstić information content (AvgIpc) is 2.55. The van der Waals surface area contributed by atoms with Gasteiger partial charge in [-0.05, 0) is 27.2 Å². The summed E-state index contributed by atoms with van der Waals surface area (Å²) in [4.78, 5) is 12.0. The maximum atomic E-state index is 12.0. The molecule has 1 atom stereocenters. The Bertz CT molecular complexity index is 285. The van der Waals surface area contributed by atoms with Gasteiger partial charge in [-0.1, -0.05) is 58.3 Å². The largest absolute Gasteiger partial charge is 1.00 e. The molecule has 0 spiro atoms. The SMILES string of the molecule is CCCCCCCCCCCC(=O)OC(C)[N+](CC)(CC)CC.[Cl-]. The van der Waals surface area contributed by atoms with Gasteiger partial charge in [-0.15, -0.1) is 0 Å². The number of rotatable bonds is 15. The minimum Gasteiger partial charge on any atom is -1.00 e. The second-order valence-electron chi connectivity index (χ2n) is 6.83. The van der Waals surface area contributed by atoms with Gasteiger partial charge in [0.05, 0.1) is 19.6 Å². The first kappa shape index (κ1) is 26.0. The van der Waals surface area contributed by atoms with Gasteiger partial charge < -0.3 is 17.1 Å². The summed E-state index contributed by atoms with van der Waals surface area (Å²) >= 11 is 0. The quantitative estimate of drug-likeness (QED) is 0.193. The Balaban J connectivity index is 0. The van der Waals surface area contributed by atoms with E-state index in [0.29, 0.717) is 6.42 Å². The summed E-state index contributed by atoms with van der Waals surface area (Å²) in [5.74, 6) is -0.0155. The van der Waals surface area contributed by atoms with Crippen LogP contribution < -0.4 is 12.4 Å². The van der Waals surface area contributed by atoms with Gasteiger partial charge in [0, 0.05) is 13.3 Å². The van der Waals surface area contributed by atoms with Crippen molar-refractivity contribution < 1.29 is 26.4 Å². The molecule has 0 aliphatic carbocycles. The number of quaternary nitrogens is 1. The van der Waals surface area contributed by atoms with Crippen LogP contribution in [0.15, 0.2) is 0 Å². The number of carbonyl (C=O) groups excluding carboxylic acids is 1. The highest BCUT2D eigenvalue weighted by atomic mass is 35.5. The summed E-state index contributed by atoms with van der Waals surface area (Å²) in [5.41, 5.74) is 0. The maximum absolute atomic E-state index is 12.0. The number of ether oxygens (including phenoxy) is 1. The van der Waals surface area contributed by atoms with Crippen LogP contribution in [0.2, 0.25) is 0 Å². The standard InChI is InChI=1S/C20H42NO2.ClH/c1-6-10-11-12-13-14-15-16-17-18-20(22)23-19(5)21(7-2,8-3)9-4;/h19H,6-18H2,1-5H3;1H/q+1;/p-1. The molecule has 4 heteroatoms. The van der Waals surface area contributed by atoms with E-state index >= 15 is 0 Å². The van der Waals surface area contributed by atoms with Crippen LogP contribution in [0, 0.1) is 0 Å². The normalized spacial score (nSPS) is 12.5. The maximum Gasteiger partial charge on any atom is 0.310 e. The Labute approximate surface area is 157 Å². The van der Waals surface area contributed by atoms with Crippen LogP contribution >= 0.6 is 0 Å². The summed E-state index contributed by atoms with van der Waals surface area (Å²) in [6, 6.07) is 0. The van der Waals surface area contributed by atoms with Crippen LogP contribution in [0.1, 0.15) is 98.8 Å². The van der Waals surface area contributed by atoms with E-state index in [0.717, 1.165) is 37.0 Å². The highest BCUT2D eigenvalue weighted by Gasteiger charge is 2.31. The average molecular weight is 364 g/mol. The van der Waals surface area contributed by atoms with E-state index in [1.807, 2.05) is 6.92 Å². The zero-order valence-electron chi connectivity index (χ0n) is 16.9. The van der Waals surface area contributed by atoms with Gasteiger partial charge in [0.25, 0.3) is 0 Å². The lowest BCUT2D eigenvalue weighted by atomic mass is 10.1. The molecule has 3 nitrogen and oxygen atoms in total. The minimum absolute atomic E-state index is 0. The molecule has 24 heavy (non-hydrogen) atoms. The van der Waals surface area contributed by atoms with E-state index in [1.165, 1.54) is 44.9 Å². The predicted octanol–water partition coefficient (Wildman–Crippen LogP) is 2.68. The van der Waals surface area contributed by atoms with Crippen LogP contribution in [0.3, 0.4) is 0 Å². The van der Waals surface area contributed by atoms with Crippen molar-refractivity contribution in [1.29, 1.82) is 0 Å². The molecule has 0 amide bonds. The van der Waals surface area contributed by atoms with Crippen LogP contribution in [0.5, 0.6) is 0 Å². The van der Waals surface area contributed by atoms with Crippen molar-refractivity contribution >= 4 is 5.97 Å². The molecule has 0 heterocycles. The van der Waals surface area contributed by atoms with E-state index in [9.17, 15) is 4.79 Å². The molecular weight excluding hydrogens is 322 g/mol. The van der Waals surface area contributed by atoms with Gasteiger partial charge in [0.15, 0.2) is 0 Å². The molecule has 0 saturated heterocycles. The lowest BCUT2D eigenvalue weighted by Gasteiger charge is -2.40. The summed E-state index contributed by atoms with van der Waals surface area (Å²) in [6.45, 7) is 13.9. The molecule has 0 aliphatic heterocycles. The number of esters is 1. The van der Waals surface area contributed by atoms with Crippen molar-refractivity contribution in [3.63, 3.8) is 0 Å². The first-order chi connectivity index (χ1) is 11.1. The first-order valence-electron chi connectivity index (χ1n) is 10.1. The van der Waals surface area contributed by atoms with Crippen LogP contribution in [0.4, 0.5) is 0 Å². The predicted molar refractivity (Wildman–Crippen MR) is 99.3 cm³/mol. The molecule has 1 unspecified atom stereocenters. The molecule has 0 aromatic heterocycles. The van der Waals surface area contributed by atoms with Crippen molar-refractivity contribution in [2.24, 2.45) is 0 Å². The van der Waals surface area contributed by atoms with Crippen molar-refractivity contribution in [3.8, 4) is 0 Å². The Morgan fingerprint density at radius 1 is 0.792 bits per heavy atom. The Hall–Kier alpha value is -0.280. The molecule has 0 saturated carbocycles. The number of nitrogens with zero attached hydrogens (tertiary/aromatic N) is 1. The number of carbonyl (C=O) groups is 1. The summed E-state index contributed by atoms with van der Waals surface area (Å²) < 4.78 is 6.56. The number of hydrogen-bond donors (Lipinski definition) is 0. The van der Waals surface area contributed by atoms with E-state index in [1.54, 1.807) is 0 Å². The fraction of sp³-hybridized carbons (Fsp3) is 0.950. The lowest BCUT2D eigenvalue weighted by Crippen LogP contribution is -3.00. The molecule has 0 fully saturated rings. The topological polar surface area (TPSA) is 26.3 Å². The molecule has 0 radical (unpaired) electrons. The molecule has 0 aromatic rings. The Kier molecular flexibility index (Phi) is 17.5. The van der Waals surface area contributed by atoms with Gasteiger partial charge in [-0.3, -0.25) is 9.28 Å². The van der Waals surface area contributed by atoms with E-state index in [-0.39, 0.29) is 24.6 Å². The second kappa shape index (κ2) is 16.2. The fourth-order valence-corrected chi connectivity index (χ4v) is 3.38. The Morgan fingerprint density at radius 2 is 1.21 bits per heavy atom. The zero-order chi connectivity index (χ0) is 17.6. The van der Waals surface area contributed by atoms with Crippen LogP contribution in [0.25, 0.3) is 0 Å². The summed E-state index contributed by atoms with van der Waals surface area (Å²) in [6.07, 6.45) is 12.1. The molecule has 0 rings (SSSR count). The third-order valence-electron chi connectivity index (χ3n) is 5.45. The zero-order valence-corrected chi connectivity index (χ0v) is 17.7. The summed E-state index contributed by atoms with van der Waals surface area (Å²) in [5, 5.41) is 0. The highest BCUT2D eigenvalue weighted by Crippen LogP contribution is 2.16. The third kappa shape index (κ3) is 10.6. The van der Waals surface area contributed by atoms with Crippen LogP contribution in [-0.2, 0) is 9.53 Å². The number of halogens is 1. The lowest BCUT2D eigenvalue weighted by molar-refractivity contribution is -0.963. The fourth-order valence-electron chi connectivity index (χ4n) is 3.38. The smallest absolute Gasteiger partial charge is 0.310 e. The molecule has 146 valence electrons. The van der Waals surface area contributed by atoms with Crippen molar-refractivity contribution in [3.05, 3.63) is 0 Å². The van der Waals surface area contributed by atoms with Gasteiger partial charge in [0.1, 0.15) is 0 Å². The molecule has 0 N–H and O–H groups in total. The van der Waals surface area contributed by atoms with Crippen LogP contribution in [-0.4, -0.2) is 36.3 Å². The summed E-state index contributed by atoms with van der Waals surface area (Å²) in [7, 11) is 0. The highest BCUT2D eigenvalue weighted by molar-refractivity contribution is 5.69. The molecular formula is C20H42ClNO2. The van der Waals surface area contributed by atoms with E-state index < -0.39 is 0 Å². The monoisotopic (exact) mass is 363 g/mol. The molecule has 0 bridgehead atoms. The second-order valence-corrected chi connectivity index (χ2v) is 6.83. The van der Waals surface area contributed by atoms with Crippen molar-refractivity contribution in [2.45, 2.75) is 105 Å². The van der Waals surface area contributed by atoms with Gasteiger partial charge in [-0.2, -0.15) is 0 Å². The third-order valence-corrected chi connectivity index (χ3v) is 5.45. The molecule has 0 aromatic carbocycles.